The standard InChI is InChI=1S/C52H39N3/c1-5-16-45-37(10-1)38-11-2-6-17-46(38)53(45)35-21-23-49-42(29-35)41-14-9-15-44-51(41)55(49)50-30-36(54-47-18-7-3-12-39(47)40-13-4-8-19-48(40)54)20-22-43(50)52(44)33-25-31-24-32(27-33)28-34(52)26-31/h1-23,29-34H,24-28H2. The molecule has 3 aromatic heterocycles. The zero-order valence-electron chi connectivity index (χ0n) is 30.6. The van der Waals surface area contributed by atoms with Crippen LogP contribution in [0, 0.1) is 23.7 Å². The van der Waals surface area contributed by atoms with E-state index < -0.39 is 0 Å². The third kappa shape index (κ3) is 3.50. The van der Waals surface area contributed by atoms with Crippen molar-refractivity contribution in [1.29, 1.82) is 0 Å². The van der Waals surface area contributed by atoms with Gasteiger partial charge in [-0.1, -0.05) is 97.1 Å². The summed E-state index contributed by atoms with van der Waals surface area (Å²) < 4.78 is 7.67. The van der Waals surface area contributed by atoms with Crippen LogP contribution in [-0.2, 0) is 5.41 Å². The maximum absolute atomic E-state index is 2.68. The van der Waals surface area contributed by atoms with Crippen LogP contribution in [0.5, 0.6) is 0 Å². The second-order valence-corrected chi connectivity index (χ2v) is 17.4. The summed E-state index contributed by atoms with van der Waals surface area (Å²) in [5, 5.41) is 7.95. The number of fused-ring (bicyclic) bond motifs is 11. The zero-order valence-corrected chi connectivity index (χ0v) is 30.6. The van der Waals surface area contributed by atoms with Crippen LogP contribution in [0.2, 0.25) is 0 Å². The molecule has 4 aliphatic carbocycles. The Kier molecular flexibility index (Phi) is 5.42. The third-order valence-electron chi connectivity index (χ3n) is 15.0. The van der Waals surface area contributed by atoms with E-state index in [0.29, 0.717) is 11.8 Å². The topological polar surface area (TPSA) is 14.8 Å². The minimum atomic E-state index is 0.0433. The molecule has 4 fully saturated rings. The maximum Gasteiger partial charge on any atom is 0.0582 e. The molecule has 10 aromatic rings. The third-order valence-corrected chi connectivity index (χ3v) is 15.0. The highest BCUT2D eigenvalue weighted by Gasteiger charge is 2.61. The molecule has 4 heterocycles. The maximum atomic E-state index is 2.68. The molecule has 5 aliphatic rings. The Morgan fingerprint density at radius 2 is 0.836 bits per heavy atom. The van der Waals surface area contributed by atoms with E-state index in [-0.39, 0.29) is 5.41 Å². The minimum Gasteiger partial charge on any atom is -0.309 e. The normalized spacial score (nSPS) is 23.7. The molecular formula is C52H39N3. The van der Waals surface area contributed by atoms with E-state index in [9.17, 15) is 0 Å². The highest BCUT2D eigenvalue weighted by atomic mass is 15.0. The Balaban J connectivity index is 1.09. The Bertz CT molecular complexity index is 3160. The monoisotopic (exact) mass is 705 g/mol. The number of nitrogens with zero attached hydrogens (tertiary/aromatic N) is 3. The van der Waals surface area contributed by atoms with Gasteiger partial charge in [-0.25, -0.2) is 0 Å². The van der Waals surface area contributed by atoms with Crippen molar-refractivity contribution in [2.24, 2.45) is 23.7 Å². The van der Waals surface area contributed by atoms with Crippen molar-refractivity contribution in [3.8, 4) is 17.1 Å². The quantitative estimate of drug-likeness (QED) is 0.170. The van der Waals surface area contributed by atoms with Crippen LogP contribution in [-0.4, -0.2) is 13.7 Å². The molecule has 0 radical (unpaired) electrons. The van der Waals surface area contributed by atoms with Gasteiger partial charge in [-0.15, -0.1) is 0 Å². The molecule has 15 rings (SSSR count). The van der Waals surface area contributed by atoms with Crippen LogP contribution in [0.25, 0.3) is 82.5 Å². The van der Waals surface area contributed by atoms with Crippen LogP contribution in [0.1, 0.15) is 43.2 Å². The highest BCUT2D eigenvalue weighted by Crippen LogP contribution is 2.68. The van der Waals surface area contributed by atoms with E-state index in [2.05, 4.69) is 165 Å². The van der Waals surface area contributed by atoms with Crippen molar-refractivity contribution in [3.05, 3.63) is 163 Å². The number of hydrogen-bond acceptors (Lipinski definition) is 0. The van der Waals surface area contributed by atoms with Gasteiger partial charge in [-0.3, -0.25) is 0 Å². The number of benzene rings is 7. The largest absolute Gasteiger partial charge is 0.309 e. The van der Waals surface area contributed by atoms with E-state index in [1.807, 2.05) is 0 Å². The average molecular weight is 706 g/mol. The van der Waals surface area contributed by atoms with Crippen molar-refractivity contribution < 1.29 is 0 Å². The lowest BCUT2D eigenvalue weighted by molar-refractivity contribution is -0.0418. The van der Waals surface area contributed by atoms with Gasteiger partial charge in [0.05, 0.1) is 38.8 Å². The van der Waals surface area contributed by atoms with Crippen LogP contribution >= 0.6 is 0 Å². The lowest BCUT2D eigenvalue weighted by atomic mass is 9.41. The van der Waals surface area contributed by atoms with Gasteiger partial charge in [0.2, 0.25) is 0 Å². The molecule has 262 valence electrons. The van der Waals surface area contributed by atoms with Crippen molar-refractivity contribution >= 4 is 65.4 Å². The molecule has 0 amide bonds. The second-order valence-electron chi connectivity index (χ2n) is 17.4. The molecule has 4 saturated carbocycles. The van der Waals surface area contributed by atoms with Gasteiger partial charge in [0.25, 0.3) is 0 Å². The molecule has 3 nitrogen and oxygen atoms in total. The van der Waals surface area contributed by atoms with E-state index >= 15 is 0 Å². The fourth-order valence-electron chi connectivity index (χ4n) is 13.3. The zero-order chi connectivity index (χ0) is 35.6. The number of aromatic nitrogens is 3. The molecule has 0 N–H and O–H groups in total. The number of hydrogen-bond donors (Lipinski definition) is 0. The van der Waals surface area contributed by atoms with Crippen LogP contribution < -0.4 is 0 Å². The van der Waals surface area contributed by atoms with Crippen LogP contribution in [0.4, 0.5) is 0 Å². The van der Waals surface area contributed by atoms with Gasteiger partial charge in [-0.2, -0.15) is 0 Å². The van der Waals surface area contributed by atoms with Crippen molar-refractivity contribution in [2.45, 2.75) is 37.5 Å². The van der Waals surface area contributed by atoms with Crippen LogP contribution in [0.3, 0.4) is 0 Å². The first kappa shape index (κ1) is 29.3. The first-order valence-electron chi connectivity index (χ1n) is 20.5. The van der Waals surface area contributed by atoms with Crippen molar-refractivity contribution in [1.82, 2.24) is 13.7 Å². The van der Waals surface area contributed by atoms with Gasteiger partial charge in [-0.05, 0) is 121 Å². The van der Waals surface area contributed by atoms with Gasteiger partial charge in [0, 0.05) is 49.1 Å². The summed E-state index contributed by atoms with van der Waals surface area (Å²) in [6.07, 6.45) is 6.94. The fourth-order valence-corrected chi connectivity index (χ4v) is 13.3. The smallest absolute Gasteiger partial charge is 0.0582 e. The highest BCUT2D eigenvalue weighted by molar-refractivity contribution is 6.14. The lowest BCUT2D eigenvalue weighted by Gasteiger charge is -2.63. The molecule has 0 saturated heterocycles. The molecule has 4 bridgehead atoms. The fraction of sp³-hybridized carbons (Fsp3) is 0.192. The molecule has 3 heteroatoms. The van der Waals surface area contributed by atoms with Gasteiger partial charge in [0.15, 0.2) is 0 Å². The molecule has 1 aliphatic heterocycles. The molecule has 0 unspecified atom stereocenters. The van der Waals surface area contributed by atoms with Gasteiger partial charge < -0.3 is 13.7 Å². The second kappa shape index (κ2) is 10.2. The summed E-state index contributed by atoms with van der Waals surface area (Å²) in [5.41, 5.74) is 14.8. The summed E-state index contributed by atoms with van der Waals surface area (Å²) >= 11 is 0. The van der Waals surface area contributed by atoms with E-state index in [4.69, 9.17) is 0 Å². The molecule has 1 spiro atoms. The van der Waals surface area contributed by atoms with Gasteiger partial charge >= 0.3 is 0 Å². The summed E-state index contributed by atoms with van der Waals surface area (Å²) in [4.78, 5) is 0. The molecule has 0 atom stereocenters. The Hall–Kier alpha value is -6.06. The Labute approximate surface area is 319 Å². The molecule has 7 aromatic carbocycles. The summed E-state index contributed by atoms with van der Waals surface area (Å²) in [6, 6.07) is 57.9. The van der Waals surface area contributed by atoms with E-state index in [1.54, 1.807) is 11.1 Å². The van der Waals surface area contributed by atoms with E-state index in [1.165, 1.54) is 115 Å². The number of para-hydroxylation sites is 5. The minimum absolute atomic E-state index is 0.0433. The van der Waals surface area contributed by atoms with E-state index in [0.717, 1.165) is 11.8 Å². The van der Waals surface area contributed by atoms with Crippen LogP contribution in [0.15, 0.2) is 152 Å². The number of rotatable bonds is 2. The predicted octanol–water partition coefficient (Wildman–Crippen LogP) is 13.0. The first-order chi connectivity index (χ1) is 27.3. The summed E-state index contributed by atoms with van der Waals surface area (Å²) in [7, 11) is 0. The SMILES string of the molecule is c1ccc2c(c1)c1ccccc1n2-c1ccc2c(c1)-n1c3ccc(-n4c5ccccc5c5ccccc54)cc3c3cccc(c31)C21C2CC3CC(C2)CC1C3. The summed E-state index contributed by atoms with van der Waals surface area (Å²) in [5.74, 6) is 3.17. The Morgan fingerprint density at radius 1 is 0.364 bits per heavy atom. The molecular weight excluding hydrogens is 667 g/mol. The van der Waals surface area contributed by atoms with Crippen molar-refractivity contribution in [2.75, 3.05) is 0 Å². The average Bonchev–Trinajstić information content (AvgIpc) is 3.87. The first-order valence-corrected chi connectivity index (χ1v) is 20.5. The Morgan fingerprint density at radius 3 is 1.40 bits per heavy atom. The van der Waals surface area contributed by atoms with Gasteiger partial charge in [0.1, 0.15) is 0 Å². The lowest BCUT2D eigenvalue weighted by Crippen LogP contribution is -2.57. The predicted molar refractivity (Wildman–Crippen MR) is 227 cm³/mol. The van der Waals surface area contributed by atoms with Crippen molar-refractivity contribution in [3.63, 3.8) is 0 Å². The summed E-state index contributed by atoms with van der Waals surface area (Å²) in [6.45, 7) is 0. The molecule has 55 heavy (non-hydrogen) atoms.